The Kier molecular flexibility index (Phi) is 7.20. The first kappa shape index (κ1) is 25.2. The summed E-state index contributed by atoms with van der Waals surface area (Å²) < 4.78 is 69.5. The Bertz CT molecular complexity index is 1420. The van der Waals surface area contributed by atoms with Crippen LogP contribution < -0.4 is 5.32 Å². The number of benzene rings is 3. The zero-order valence-corrected chi connectivity index (χ0v) is 20.1. The molecule has 6 nitrogen and oxygen atoms in total. The van der Waals surface area contributed by atoms with Gasteiger partial charge in [0.15, 0.2) is 16.7 Å². The van der Waals surface area contributed by atoms with Crippen LogP contribution in [0.5, 0.6) is 0 Å². The molecule has 1 N–H and O–H groups in total. The Hall–Kier alpha value is -2.89. The number of rotatable bonds is 6. The molecule has 1 saturated heterocycles. The summed E-state index contributed by atoms with van der Waals surface area (Å²) in [6.45, 7) is 0.578. The minimum atomic E-state index is -4.16. The largest absolute Gasteiger partial charge is 0.350 e. The molecule has 0 unspecified atom stereocenters. The summed E-state index contributed by atoms with van der Waals surface area (Å²) in [6.07, 6.45) is 0.0248. The second kappa shape index (κ2) is 10.00. The van der Waals surface area contributed by atoms with Crippen LogP contribution in [0.2, 0.25) is 0 Å². The molecule has 1 fully saturated rings. The maximum Gasteiger partial charge on any atom is 0.243 e. The van der Waals surface area contributed by atoms with Crippen molar-refractivity contribution in [3.63, 3.8) is 0 Å². The van der Waals surface area contributed by atoms with Gasteiger partial charge in [-0.25, -0.2) is 21.6 Å². The number of halogens is 3. The van der Waals surface area contributed by atoms with Crippen molar-refractivity contribution >= 4 is 43.6 Å². The van der Waals surface area contributed by atoms with Crippen molar-refractivity contribution in [2.45, 2.75) is 36.1 Å². The minimum Gasteiger partial charge on any atom is -0.350 e. The number of fused-ring (bicyclic) bond motifs is 1. The number of amides is 1. The van der Waals surface area contributed by atoms with Crippen molar-refractivity contribution in [2.24, 2.45) is 0 Å². The predicted octanol–water partition coefficient (Wildman–Crippen LogP) is 3.98. The third-order valence-corrected chi connectivity index (χ3v) is 8.64. The minimum absolute atomic E-state index is 0.0234. The predicted molar refractivity (Wildman–Crippen MR) is 126 cm³/mol. The molecule has 0 aromatic heterocycles. The molecule has 0 spiro atoms. The molecule has 1 heterocycles. The Balaban J connectivity index is 1.62. The van der Waals surface area contributed by atoms with Crippen molar-refractivity contribution in [2.75, 3.05) is 6.54 Å². The molecule has 3 aromatic rings. The lowest BCUT2D eigenvalue weighted by atomic mass is 10.1. The summed E-state index contributed by atoms with van der Waals surface area (Å²) in [4.78, 5) is 24.6. The molecule has 0 radical (unpaired) electrons. The van der Waals surface area contributed by atoms with E-state index in [-0.39, 0.29) is 23.0 Å². The monoisotopic (exact) mass is 522 g/mol. The molecule has 35 heavy (non-hydrogen) atoms. The van der Waals surface area contributed by atoms with Gasteiger partial charge in [0.25, 0.3) is 0 Å². The number of hydrogen-bond donors (Lipinski definition) is 1. The zero-order valence-electron chi connectivity index (χ0n) is 18.5. The van der Waals surface area contributed by atoms with Gasteiger partial charge in [-0.15, -0.1) is 0 Å². The molecule has 0 bridgehead atoms. The number of sulfonamides is 1. The fourth-order valence-corrected chi connectivity index (χ4v) is 6.84. The van der Waals surface area contributed by atoms with Gasteiger partial charge in [0, 0.05) is 30.8 Å². The van der Waals surface area contributed by atoms with Crippen LogP contribution in [0.15, 0.2) is 59.5 Å². The van der Waals surface area contributed by atoms with Gasteiger partial charge in [-0.3, -0.25) is 9.59 Å². The molecule has 3 aromatic carbocycles. The summed E-state index contributed by atoms with van der Waals surface area (Å²) in [6, 6.07) is 12.0. The lowest BCUT2D eigenvalue weighted by Crippen LogP contribution is -2.45. The van der Waals surface area contributed by atoms with Crippen LogP contribution in [0.25, 0.3) is 10.8 Å². The van der Waals surface area contributed by atoms with E-state index in [1.807, 2.05) is 12.1 Å². The number of thioether (sulfide) groups is 1. The Morgan fingerprint density at radius 2 is 1.71 bits per heavy atom. The van der Waals surface area contributed by atoms with Crippen molar-refractivity contribution in [1.82, 2.24) is 9.62 Å². The average molecular weight is 523 g/mol. The number of carbonyl (C=O) groups is 2. The van der Waals surface area contributed by atoms with Crippen molar-refractivity contribution < 1.29 is 31.2 Å². The summed E-state index contributed by atoms with van der Waals surface area (Å²) in [7, 11) is -4.16. The molecule has 1 aliphatic rings. The molecular weight excluding hydrogens is 501 g/mol. The number of nitrogens with one attached hydrogen (secondary N) is 1. The molecule has 4 rings (SSSR count). The lowest BCUT2D eigenvalue weighted by molar-refractivity contribution is -0.124. The molecule has 1 amide bonds. The van der Waals surface area contributed by atoms with E-state index in [0.717, 1.165) is 27.5 Å². The van der Waals surface area contributed by atoms with Crippen LogP contribution in [-0.2, 0) is 26.2 Å². The van der Waals surface area contributed by atoms with Gasteiger partial charge in [0.2, 0.25) is 15.9 Å². The topological polar surface area (TPSA) is 83.6 Å². The molecule has 0 saturated carbocycles. The van der Waals surface area contributed by atoms with Gasteiger partial charge in [0.05, 0.1) is 4.90 Å². The molecular formula is C24H21F3N2O4S2. The normalized spacial score (nSPS) is 18.6. The maximum atomic E-state index is 14.0. The fourth-order valence-electron chi connectivity index (χ4n) is 4.08. The molecule has 11 heteroatoms. The standard InChI is InChI=1S/C24H21F3N2O4S2/c1-14(30)34-17-11-22(24(31)28-12-19-20(25)8-9-21(26)23(19)27)29(13-17)35(32,33)18-7-6-15-4-2-3-5-16(15)10-18/h2-10,17,22H,11-13H2,1H3,(H,28,31)/t17-,22+/m1/s1. The summed E-state index contributed by atoms with van der Waals surface area (Å²) in [5, 5.41) is 3.14. The highest BCUT2D eigenvalue weighted by molar-refractivity contribution is 8.14. The smallest absolute Gasteiger partial charge is 0.243 e. The lowest BCUT2D eigenvalue weighted by Gasteiger charge is -2.23. The van der Waals surface area contributed by atoms with Crippen molar-refractivity contribution in [3.05, 3.63) is 77.6 Å². The zero-order chi connectivity index (χ0) is 25.3. The first-order valence-corrected chi connectivity index (χ1v) is 13.0. The quantitative estimate of drug-likeness (QED) is 0.495. The van der Waals surface area contributed by atoms with Gasteiger partial charge >= 0.3 is 0 Å². The first-order valence-electron chi connectivity index (χ1n) is 10.7. The van der Waals surface area contributed by atoms with E-state index in [1.165, 1.54) is 19.1 Å². The van der Waals surface area contributed by atoms with E-state index in [9.17, 15) is 31.2 Å². The van der Waals surface area contributed by atoms with Crippen LogP contribution in [0.4, 0.5) is 13.2 Å². The van der Waals surface area contributed by atoms with Gasteiger partial charge in [0.1, 0.15) is 11.9 Å². The SMILES string of the molecule is CC(=O)S[C@@H]1C[C@@H](C(=O)NCc2c(F)ccc(F)c2F)N(S(=O)(=O)c2ccc3ccccc3c2)C1. The third kappa shape index (κ3) is 5.21. The van der Waals surface area contributed by atoms with E-state index in [0.29, 0.717) is 11.5 Å². The van der Waals surface area contributed by atoms with Gasteiger partial charge < -0.3 is 5.32 Å². The highest BCUT2D eigenvalue weighted by Gasteiger charge is 2.44. The molecule has 2 atom stereocenters. The van der Waals surface area contributed by atoms with Gasteiger partial charge in [-0.05, 0) is 41.5 Å². The average Bonchev–Trinajstić information content (AvgIpc) is 3.25. The van der Waals surface area contributed by atoms with Crippen molar-refractivity contribution in [1.29, 1.82) is 0 Å². The third-order valence-electron chi connectivity index (χ3n) is 5.76. The van der Waals surface area contributed by atoms with Crippen LogP contribution in [0.3, 0.4) is 0 Å². The van der Waals surface area contributed by atoms with E-state index >= 15 is 0 Å². The van der Waals surface area contributed by atoms with Crippen LogP contribution >= 0.6 is 11.8 Å². The second-order valence-electron chi connectivity index (χ2n) is 8.11. The maximum absolute atomic E-state index is 14.0. The van der Waals surface area contributed by atoms with Crippen LogP contribution in [-0.4, -0.2) is 41.6 Å². The van der Waals surface area contributed by atoms with E-state index in [2.05, 4.69) is 5.32 Å². The second-order valence-corrected chi connectivity index (χ2v) is 11.5. The molecule has 184 valence electrons. The number of hydrogen-bond acceptors (Lipinski definition) is 5. The van der Waals surface area contributed by atoms with E-state index in [4.69, 9.17) is 0 Å². The van der Waals surface area contributed by atoms with E-state index < -0.39 is 56.8 Å². The highest BCUT2D eigenvalue weighted by Crippen LogP contribution is 2.33. The van der Waals surface area contributed by atoms with Crippen LogP contribution in [0.1, 0.15) is 18.9 Å². The Morgan fingerprint density at radius 1 is 1.03 bits per heavy atom. The summed E-state index contributed by atoms with van der Waals surface area (Å²) in [5.74, 6) is -4.54. The fraction of sp³-hybridized carbons (Fsp3) is 0.250. The Labute approximate surface area is 204 Å². The van der Waals surface area contributed by atoms with Gasteiger partial charge in [-0.1, -0.05) is 42.1 Å². The molecule has 1 aliphatic heterocycles. The number of nitrogens with zero attached hydrogens (tertiary/aromatic N) is 1. The van der Waals surface area contributed by atoms with E-state index in [1.54, 1.807) is 18.2 Å². The van der Waals surface area contributed by atoms with Crippen LogP contribution in [0, 0.1) is 17.5 Å². The summed E-state index contributed by atoms with van der Waals surface area (Å²) in [5.41, 5.74) is -0.671. The summed E-state index contributed by atoms with van der Waals surface area (Å²) >= 11 is 0.928. The first-order chi connectivity index (χ1) is 16.6. The van der Waals surface area contributed by atoms with Crippen molar-refractivity contribution in [3.8, 4) is 0 Å². The highest BCUT2D eigenvalue weighted by atomic mass is 32.2. The molecule has 0 aliphatic carbocycles. The number of carbonyl (C=O) groups excluding carboxylic acids is 2. The van der Waals surface area contributed by atoms with Gasteiger partial charge in [-0.2, -0.15) is 4.31 Å². The Morgan fingerprint density at radius 3 is 2.43 bits per heavy atom.